The highest BCUT2D eigenvalue weighted by molar-refractivity contribution is 5.41. The Bertz CT molecular complexity index is 353. The zero-order valence-electron chi connectivity index (χ0n) is 8.51. The van der Waals surface area contributed by atoms with Crippen LogP contribution >= 0.6 is 0 Å². The molecule has 0 heterocycles. The zero-order valence-corrected chi connectivity index (χ0v) is 8.51. The van der Waals surface area contributed by atoms with Crippen molar-refractivity contribution in [1.29, 1.82) is 0 Å². The Morgan fingerprint density at radius 3 is 2.33 bits per heavy atom. The summed E-state index contributed by atoms with van der Waals surface area (Å²) in [7, 11) is 1.26. The van der Waals surface area contributed by atoms with Crippen LogP contribution in [0.4, 0.5) is 8.78 Å². The molecule has 0 aliphatic rings. The number of aliphatic hydroxyl groups excluding tert-OH is 1. The SMILES string of the molecule is CCOc1cc(OC)c(F)c(CO)c1F. The van der Waals surface area contributed by atoms with Gasteiger partial charge in [0.2, 0.25) is 0 Å². The molecular formula is C10H12F2O3. The number of ether oxygens (including phenoxy) is 2. The predicted molar refractivity (Wildman–Crippen MR) is 50.0 cm³/mol. The third kappa shape index (κ3) is 2.18. The van der Waals surface area contributed by atoms with Gasteiger partial charge in [-0.15, -0.1) is 0 Å². The second-order valence-corrected chi connectivity index (χ2v) is 2.77. The minimum atomic E-state index is -0.902. The van der Waals surface area contributed by atoms with Crippen LogP contribution in [-0.4, -0.2) is 18.8 Å². The van der Waals surface area contributed by atoms with Gasteiger partial charge in [-0.1, -0.05) is 0 Å². The highest BCUT2D eigenvalue weighted by Gasteiger charge is 2.19. The van der Waals surface area contributed by atoms with Gasteiger partial charge in [0.15, 0.2) is 23.1 Å². The van der Waals surface area contributed by atoms with Crippen molar-refractivity contribution in [3.05, 3.63) is 23.3 Å². The first kappa shape index (κ1) is 11.7. The van der Waals surface area contributed by atoms with E-state index in [4.69, 9.17) is 14.6 Å². The van der Waals surface area contributed by atoms with Gasteiger partial charge in [-0.25, -0.2) is 8.78 Å². The summed E-state index contributed by atoms with van der Waals surface area (Å²) in [5.74, 6) is -2.07. The van der Waals surface area contributed by atoms with E-state index in [0.717, 1.165) is 6.07 Å². The molecule has 3 nitrogen and oxygen atoms in total. The minimum Gasteiger partial charge on any atom is -0.494 e. The summed E-state index contributed by atoms with van der Waals surface area (Å²) in [6, 6.07) is 1.12. The van der Waals surface area contributed by atoms with E-state index in [-0.39, 0.29) is 18.1 Å². The van der Waals surface area contributed by atoms with Gasteiger partial charge in [-0.05, 0) is 6.92 Å². The lowest BCUT2D eigenvalue weighted by Crippen LogP contribution is -2.03. The molecule has 84 valence electrons. The van der Waals surface area contributed by atoms with Crippen LogP contribution in [0.3, 0.4) is 0 Å². The molecule has 0 unspecified atom stereocenters. The molecule has 1 rings (SSSR count). The zero-order chi connectivity index (χ0) is 11.4. The van der Waals surface area contributed by atoms with Gasteiger partial charge in [-0.3, -0.25) is 0 Å². The summed E-state index contributed by atoms with van der Waals surface area (Å²) in [6.45, 7) is 1.18. The number of hydrogen-bond donors (Lipinski definition) is 1. The van der Waals surface area contributed by atoms with Crippen molar-refractivity contribution < 1.29 is 23.4 Å². The van der Waals surface area contributed by atoms with Crippen LogP contribution in [0.15, 0.2) is 6.07 Å². The van der Waals surface area contributed by atoms with Crippen LogP contribution in [0.1, 0.15) is 12.5 Å². The molecule has 0 amide bonds. The Balaban J connectivity index is 3.30. The van der Waals surface area contributed by atoms with Crippen molar-refractivity contribution in [2.75, 3.05) is 13.7 Å². The van der Waals surface area contributed by atoms with E-state index >= 15 is 0 Å². The first-order chi connectivity index (χ1) is 7.15. The lowest BCUT2D eigenvalue weighted by atomic mass is 10.2. The quantitative estimate of drug-likeness (QED) is 0.838. The van der Waals surface area contributed by atoms with Gasteiger partial charge in [0.05, 0.1) is 25.9 Å². The molecule has 0 saturated carbocycles. The average Bonchev–Trinajstić information content (AvgIpc) is 2.23. The monoisotopic (exact) mass is 218 g/mol. The van der Waals surface area contributed by atoms with Crippen LogP contribution in [0.25, 0.3) is 0 Å². The normalized spacial score (nSPS) is 10.2. The van der Waals surface area contributed by atoms with Gasteiger partial charge in [0, 0.05) is 6.07 Å². The smallest absolute Gasteiger partial charge is 0.173 e. The fourth-order valence-electron chi connectivity index (χ4n) is 1.19. The number of methoxy groups -OCH3 is 1. The molecule has 1 aromatic carbocycles. The molecular weight excluding hydrogens is 206 g/mol. The molecule has 15 heavy (non-hydrogen) atoms. The highest BCUT2D eigenvalue weighted by Crippen LogP contribution is 2.31. The molecule has 0 aromatic heterocycles. The van der Waals surface area contributed by atoms with E-state index in [1.165, 1.54) is 7.11 Å². The molecule has 0 aliphatic carbocycles. The molecule has 5 heteroatoms. The summed E-state index contributed by atoms with van der Waals surface area (Å²) in [4.78, 5) is 0. The van der Waals surface area contributed by atoms with Crippen molar-refractivity contribution in [2.45, 2.75) is 13.5 Å². The van der Waals surface area contributed by atoms with Crippen molar-refractivity contribution in [3.63, 3.8) is 0 Å². The maximum atomic E-state index is 13.5. The largest absolute Gasteiger partial charge is 0.494 e. The fourth-order valence-corrected chi connectivity index (χ4v) is 1.19. The van der Waals surface area contributed by atoms with Crippen LogP contribution in [0.2, 0.25) is 0 Å². The third-order valence-electron chi connectivity index (χ3n) is 1.90. The van der Waals surface area contributed by atoms with E-state index in [1.807, 2.05) is 0 Å². The second-order valence-electron chi connectivity index (χ2n) is 2.77. The number of rotatable bonds is 4. The molecule has 0 saturated heterocycles. The van der Waals surface area contributed by atoms with Crippen molar-refractivity contribution in [1.82, 2.24) is 0 Å². The summed E-state index contributed by atoms with van der Waals surface area (Å²) >= 11 is 0. The van der Waals surface area contributed by atoms with E-state index in [1.54, 1.807) is 6.92 Å². The van der Waals surface area contributed by atoms with Gasteiger partial charge in [0.25, 0.3) is 0 Å². The van der Waals surface area contributed by atoms with E-state index in [2.05, 4.69) is 0 Å². The topological polar surface area (TPSA) is 38.7 Å². The van der Waals surface area contributed by atoms with E-state index in [9.17, 15) is 8.78 Å². The number of benzene rings is 1. The Kier molecular flexibility index (Phi) is 3.85. The summed E-state index contributed by atoms with van der Waals surface area (Å²) in [5.41, 5.74) is -0.446. The summed E-state index contributed by atoms with van der Waals surface area (Å²) < 4.78 is 36.5. The lowest BCUT2D eigenvalue weighted by molar-refractivity contribution is 0.257. The first-order valence-electron chi connectivity index (χ1n) is 4.44. The van der Waals surface area contributed by atoms with Crippen molar-refractivity contribution >= 4 is 0 Å². The molecule has 0 spiro atoms. The number of aliphatic hydroxyl groups is 1. The highest BCUT2D eigenvalue weighted by atomic mass is 19.1. The van der Waals surface area contributed by atoms with Gasteiger partial charge in [-0.2, -0.15) is 0 Å². The van der Waals surface area contributed by atoms with E-state index in [0.29, 0.717) is 0 Å². The molecule has 0 aliphatic heterocycles. The average molecular weight is 218 g/mol. The molecule has 0 fully saturated rings. The minimum absolute atomic E-state index is 0.125. The number of halogens is 2. The molecule has 1 N–H and O–H groups in total. The van der Waals surface area contributed by atoms with Crippen LogP contribution in [0.5, 0.6) is 11.5 Å². The Morgan fingerprint density at radius 1 is 1.27 bits per heavy atom. The summed E-state index contributed by atoms with van der Waals surface area (Å²) in [5, 5.41) is 8.82. The van der Waals surface area contributed by atoms with Gasteiger partial charge >= 0.3 is 0 Å². The van der Waals surface area contributed by atoms with Gasteiger partial charge < -0.3 is 14.6 Å². The molecule has 0 bridgehead atoms. The molecule has 0 atom stereocenters. The predicted octanol–water partition coefficient (Wildman–Crippen LogP) is 1.86. The standard InChI is InChI=1S/C10H12F2O3/c1-3-15-8-4-7(14-2)9(11)6(5-13)10(8)12/h4,13H,3,5H2,1-2H3. The van der Waals surface area contributed by atoms with Crippen LogP contribution in [0, 0.1) is 11.6 Å². The van der Waals surface area contributed by atoms with Crippen LogP contribution in [-0.2, 0) is 6.61 Å². The van der Waals surface area contributed by atoms with Gasteiger partial charge in [0.1, 0.15) is 0 Å². The van der Waals surface area contributed by atoms with Crippen molar-refractivity contribution in [3.8, 4) is 11.5 Å². The maximum absolute atomic E-state index is 13.5. The second kappa shape index (κ2) is 4.93. The Morgan fingerprint density at radius 2 is 1.87 bits per heavy atom. The van der Waals surface area contributed by atoms with Crippen molar-refractivity contribution in [2.24, 2.45) is 0 Å². The molecule has 0 radical (unpaired) electrons. The number of hydrogen-bond acceptors (Lipinski definition) is 3. The summed E-state index contributed by atoms with van der Waals surface area (Å²) in [6.07, 6.45) is 0. The maximum Gasteiger partial charge on any atom is 0.173 e. The Hall–Kier alpha value is -1.36. The Labute approximate surface area is 86.2 Å². The fraction of sp³-hybridized carbons (Fsp3) is 0.400. The van der Waals surface area contributed by atoms with Crippen LogP contribution < -0.4 is 9.47 Å². The lowest BCUT2D eigenvalue weighted by Gasteiger charge is -2.11. The third-order valence-corrected chi connectivity index (χ3v) is 1.90. The van der Waals surface area contributed by atoms with E-state index < -0.39 is 23.8 Å². The first-order valence-corrected chi connectivity index (χ1v) is 4.44. The molecule has 1 aromatic rings.